The van der Waals surface area contributed by atoms with Crippen molar-refractivity contribution in [2.45, 2.75) is 6.18 Å². The van der Waals surface area contributed by atoms with Gasteiger partial charge in [-0.15, -0.1) is 0 Å². The minimum Gasteiger partial charge on any atom is -0.271 e. The summed E-state index contributed by atoms with van der Waals surface area (Å²) in [5.41, 5.74) is 0.0136. The normalized spacial score (nSPS) is 12.5. The molecule has 0 radical (unpaired) electrons. The third-order valence-corrected chi connectivity index (χ3v) is 2.68. The molecule has 0 unspecified atom stereocenters. The van der Waals surface area contributed by atoms with Gasteiger partial charge in [-0.05, 0) is 12.1 Å². The molecule has 0 atom stereocenters. The lowest BCUT2D eigenvalue weighted by molar-refractivity contribution is -0.121. The number of nitrogens with one attached hydrogen (secondary N) is 2. The predicted octanol–water partition coefficient (Wildman–Crippen LogP) is 1.54. The van der Waals surface area contributed by atoms with E-state index in [-0.39, 0.29) is 10.8 Å². The van der Waals surface area contributed by atoms with Crippen molar-refractivity contribution in [3.05, 3.63) is 23.5 Å². The molecule has 0 bridgehead atoms. The SMILES string of the molecule is O=S(=O)(NCC(F)(F)F)Nc1ccnc(Cl)c1. The Bertz CT molecular complexity index is 491. The van der Waals surface area contributed by atoms with E-state index in [0.29, 0.717) is 0 Å². The Morgan fingerprint density at radius 3 is 2.59 bits per heavy atom. The minimum absolute atomic E-state index is 0.0136. The van der Waals surface area contributed by atoms with E-state index in [2.05, 4.69) is 4.98 Å². The van der Waals surface area contributed by atoms with Gasteiger partial charge in [0.25, 0.3) is 10.2 Å². The van der Waals surface area contributed by atoms with Gasteiger partial charge in [-0.3, -0.25) is 4.72 Å². The van der Waals surface area contributed by atoms with Gasteiger partial charge in [-0.2, -0.15) is 26.3 Å². The molecular formula is C7H7ClF3N3O2S. The van der Waals surface area contributed by atoms with Crippen LogP contribution in [-0.2, 0) is 10.2 Å². The van der Waals surface area contributed by atoms with Crippen LogP contribution < -0.4 is 9.44 Å². The summed E-state index contributed by atoms with van der Waals surface area (Å²) in [6.07, 6.45) is -3.41. The van der Waals surface area contributed by atoms with Crippen molar-refractivity contribution in [2.24, 2.45) is 0 Å². The third-order valence-electron chi connectivity index (χ3n) is 1.44. The summed E-state index contributed by atoms with van der Waals surface area (Å²) in [5.74, 6) is 0. The van der Waals surface area contributed by atoms with Crippen LogP contribution >= 0.6 is 11.6 Å². The van der Waals surface area contributed by atoms with Crippen molar-refractivity contribution in [1.29, 1.82) is 0 Å². The first-order valence-corrected chi connectivity index (χ1v) is 6.00. The molecule has 0 fully saturated rings. The topological polar surface area (TPSA) is 71.1 Å². The lowest BCUT2D eigenvalue weighted by Gasteiger charge is -2.10. The number of hydrogen-bond donors (Lipinski definition) is 2. The Hall–Kier alpha value is -1.06. The van der Waals surface area contributed by atoms with Crippen LogP contribution in [0.5, 0.6) is 0 Å². The van der Waals surface area contributed by atoms with Gasteiger partial charge in [0.15, 0.2) is 0 Å². The Morgan fingerprint density at radius 1 is 1.41 bits per heavy atom. The first-order valence-electron chi connectivity index (χ1n) is 4.14. The predicted molar refractivity (Wildman–Crippen MR) is 55.8 cm³/mol. The smallest absolute Gasteiger partial charge is 0.271 e. The molecule has 0 aliphatic heterocycles. The Kier molecular flexibility index (Phi) is 4.17. The molecule has 0 aliphatic carbocycles. The number of nitrogens with zero attached hydrogens (tertiary/aromatic N) is 1. The second kappa shape index (κ2) is 5.07. The monoisotopic (exact) mass is 289 g/mol. The molecule has 0 aromatic carbocycles. The fourth-order valence-corrected chi connectivity index (χ4v) is 1.87. The molecule has 1 heterocycles. The summed E-state index contributed by atoms with van der Waals surface area (Å²) >= 11 is 5.48. The first kappa shape index (κ1) is 14.0. The lowest BCUT2D eigenvalue weighted by Crippen LogP contribution is -2.37. The zero-order chi connectivity index (χ0) is 13.1. The van der Waals surface area contributed by atoms with Crippen molar-refractivity contribution in [3.8, 4) is 0 Å². The van der Waals surface area contributed by atoms with Crippen LogP contribution in [0.2, 0.25) is 5.15 Å². The largest absolute Gasteiger partial charge is 0.402 e. The highest BCUT2D eigenvalue weighted by molar-refractivity contribution is 7.90. The van der Waals surface area contributed by atoms with Gasteiger partial charge in [-0.1, -0.05) is 11.6 Å². The van der Waals surface area contributed by atoms with E-state index in [9.17, 15) is 21.6 Å². The molecule has 0 amide bonds. The van der Waals surface area contributed by atoms with E-state index in [0.717, 1.165) is 6.07 Å². The van der Waals surface area contributed by atoms with E-state index in [4.69, 9.17) is 11.6 Å². The average molecular weight is 290 g/mol. The standard InChI is InChI=1S/C7H7ClF3N3O2S/c8-6-3-5(1-2-12-6)14-17(15,16)13-4-7(9,10)11/h1-3,13H,4H2,(H,12,14). The summed E-state index contributed by atoms with van der Waals surface area (Å²) < 4.78 is 61.0. The number of pyridine rings is 1. The molecule has 1 rings (SSSR count). The van der Waals surface area contributed by atoms with Gasteiger partial charge in [0.1, 0.15) is 11.7 Å². The molecule has 0 spiro atoms. The van der Waals surface area contributed by atoms with E-state index < -0.39 is 22.9 Å². The molecule has 0 saturated carbocycles. The van der Waals surface area contributed by atoms with Crippen molar-refractivity contribution in [2.75, 3.05) is 11.3 Å². The molecule has 1 aromatic heterocycles. The van der Waals surface area contributed by atoms with Gasteiger partial charge >= 0.3 is 6.18 Å². The Morgan fingerprint density at radius 2 is 2.06 bits per heavy atom. The van der Waals surface area contributed by atoms with Crippen molar-refractivity contribution < 1.29 is 21.6 Å². The van der Waals surface area contributed by atoms with Crippen LogP contribution in [0.1, 0.15) is 0 Å². The number of rotatable bonds is 4. The molecule has 5 nitrogen and oxygen atoms in total. The number of aromatic nitrogens is 1. The maximum atomic E-state index is 11.8. The first-order chi connectivity index (χ1) is 7.68. The average Bonchev–Trinajstić information content (AvgIpc) is 2.13. The highest BCUT2D eigenvalue weighted by atomic mass is 35.5. The summed E-state index contributed by atoms with van der Waals surface area (Å²) in [5, 5.41) is 0.0148. The molecule has 17 heavy (non-hydrogen) atoms. The van der Waals surface area contributed by atoms with Crippen molar-refractivity contribution in [1.82, 2.24) is 9.71 Å². The maximum absolute atomic E-state index is 11.8. The van der Waals surface area contributed by atoms with Gasteiger partial charge in [0.2, 0.25) is 0 Å². The van der Waals surface area contributed by atoms with Crippen LogP contribution in [0.3, 0.4) is 0 Å². The maximum Gasteiger partial charge on any atom is 0.402 e. The van der Waals surface area contributed by atoms with E-state index >= 15 is 0 Å². The minimum atomic E-state index is -4.62. The molecule has 1 aromatic rings. The van der Waals surface area contributed by atoms with Crippen LogP contribution in [0.25, 0.3) is 0 Å². The zero-order valence-corrected chi connectivity index (χ0v) is 9.70. The summed E-state index contributed by atoms with van der Waals surface area (Å²) in [6.45, 7) is -1.65. The number of anilines is 1. The summed E-state index contributed by atoms with van der Waals surface area (Å²) in [6, 6.07) is 2.41. The van der Waals surface area contributed by atoms with Gasteiger partial charge in [0, 0.05) is 6.20 Å². The van der Waals surface area contributed by atoms with Crippen LogP contribution in [0.15, 0.2) is 18.3 Å². The van der Waals surface area contributed by atoms with Crippen LogP contribution in [0, 0.1) is 0 Å². The zero-order valence-electron chi connectivity index (χ0n) is 8.12. The lowest BCUT2D eigenvalue weighted by atomic mass is 10.4. The summed E-state index contributed by atoms with van der Waals surface area (Å²) in [4.78, 5) is 3.59. The molecule has 2 N–H and O–H groups in total. The molecule has 0 saturated heterocycles. The van der Waals surface area contributed by atoms with Gasteiger partial charge in [0.05, 0.1) is 5.69 Å². The number of hydrogen-bond acceptors (Lipinski definition) is 3. The highest BCUT2D eigenvalue weighted by Gasteiger charge is 2.29. The fourth-order valence-electron chi connectivity index (χ4n) is 0.834. The van der Waals surface area contributed by atoms with Crippen LogP contribution in [0.4, 0.5) is 18.9 Å². The van der Waals surface area contributed by atoms with E-state index in [1.165, 1.54) is 17.0 Å². The second-order valence-electron chi connectivity index (χ2n) is 2.91. The van der Waals surface area contributed by atoms with Crippen molar-refractivity contribution in [3.63, 3.8) is 0 Å². The van der Waals surface area contributed by atoms with Crippen LogP contribution in [-0.4, -0.2) is 26.1 Å². The second-order valence-corrected chi connectivity index (χ2v) is 4.80. The molecule has 10 heteroatoms. The van der Waals surface area contributed by atoms with Gasteiger partial charge < -0.3 is 0 Å². The highest BCUT2D eigenvalue weighted by Crippen LogP contribution is 2.15. The quantitative estimate of drug-likeness (QED) is 0.826. The summed E-state index contributed by atoms with van der Waals surface area (Å²) in [7, 11) is -4.29. The number of halogens is 4. The van der Waals surface area contributed by atoms with Crippen molar-refractivity contribution >= 4 is 27.5 Å². The third kappa shape index (κ3) is 5.71. The Labute approximate surface area is 100 Å². The molecular weight excluding hydrogens is 283 g/mol. The molecule has 0 aliphatic rings. The van der Waals surface area contributed by atoms with E-state index in [1.807, 2.05) is 4.72 Å². The fraction of sp³-hybridized carbons (Fsp3) is 0.286. The molecule has 96 valence electrons. The van der Waals surface area contributed by atoms with E-state index in [1.54, 1.807) is 0 Å². The Balaban J connectivity index is 2.67. The number of alkyl halides is 3. The van der Waals surface area contributed by atoms with Gasteiger partial charge in [-0.25, -0.2) is 4.98 Å².